The van der Waals surface area contributed by atoms with E-state index in [1.54, 1.807) is 13.3 Å². The molecule has 3 heterocycles. The molecule has 1 aromatic carbocycles. The summed E-state index contributed by atoms with van der Waals surface area (Å²) in [7, 11) is 3.87. The van der Waals surface area contributed by atoms with E-state index in [4.69, 9.17) is 14.5 Å². The van der Waals surface area contributed by atoms with Crippen LogP contribution in [0, 0.1) is 0 Å². The number of fused-ring (bicyclic) bond motifs is 1. The number of likely N-dealkylation sites (tertiary alicyclic amines) is 1. The molecule has 1 fully saturated rings. The molecule has 2 aliphatic heterocycles. The van der Waals surface area contributed by atoms with Crippen LogP contribution in [0.3, 0.4) is 0 Å². The van der Waals surface area contributed by atoms with Crippen molar-refractivity contribution in [1.29, 1.82) is 0 Å². The topological polar surface area (TPSA) is 74.8 Å². The highest BCUT2D eigenvalue weighted by molar-refractivity contribution is 5.69. The Morgan fingerprint density at radius 2 is 1.80 bits per heavy atom. The van der Waals surface area contributed by atoms with Crippen LogP contribution < -0.4 is 25.0 Å². The molecule has 2 N–H and O–H groups in total. The Kier molecular flexibility index (Phi) is 6.55. The lowest BCUT2D eigenvalue weighted by Gasteiger charge is -2.53. The van der Waals surface area contributed by atoms with Crippen LogP contribution in [-0.2, 0) is 0 Å². The van der Waals surface area contributed by atoms with Crippen LogP contribution in [0.2, 0.25) is 0 Å². The second-order valence-corrected chi connectivity index (χ2v) is 11.7. The fourth-order valence-corrected chi connectivity index (χ4v) is 5.57. The molecule has 4 rings (SSSR count). The van der Waals surface area contributed by atoms with Gasteiger partial charge in [-0.05, 0) is 80.5 Å². The Labute approximate surface area is 210 Å². The number of nitrogens with zero attached hydrogens (tertiary/aromatic N) is 4. The van der Waals surface area contributed by atoms with E-state index >= 15 is 0 Å². The molecule has 0 atom stereocenters. The van der Waals surface area contributed by atoms with E-state index < -0.39 is 0 Å². The molecule has 0 spiro atoms. The molecule has 0 bridgehead atoms. The smallest absolute Gasteiger partial charge is 0.229 e. The molecule has 2 aromatic rings. The van der Waals surface area contributed by atoms with Gasteiger partial charge in [-0.15, -0.1) is 0 Å². The minimum atomic E-state index is -0.245. The number of ether oxygens (including phenoxy) is 2. The third kappa shape index (κ3) is 5.27. The van der Waals surface area contributed by atoms with E-state index in [0.717, 1.165) is 43.1 Å². The van der Waals surface area contributed by atoms with Crippen molar-refractivity contribution in [3.8, 4) is 11.5 Å². The van der Waals surface area contributed by atoms with Crippen molar-refractivity contribution in [3.63, 3.8) is 0 Å². The lowest BCUT2D eigenvalue weighted by molar-refractivity contribution is -0.00776. The fourth-order valence-electron chi connectivity index (χ4n) is 5.57. The number of anilines is 4. The Bertz CT molecular complexity index is 1050. The number of methoxy groups -OCH3 is 1. The maximum Gasteiger partial charge on any atom is 0.229 e. The van der Waals surface area contributed by atoms with Gasteiger partial charge in [-0.25, -0.2) is 4.98 Å². The molecular formula is C27H42N6O2. The van der Waals surface area contributed by atoms with Crippen LogP contribution in [0.15, 0.2) is 24.4 Å². The average Bonchev–Trinajstić information content (AvgIpc) is 2.76. The van der Waals surface area contributed by atoms with Gasteiger partial charge in [0.1, 0.15) is 11.4 Å². The Balaban J connectivity index is 1.56. The first kappa shape index (κ1) is 25.4. The van der Waals surface area contributed by atoms with Crippen molar-refractivity contribution in [1.82, 2.24) is 14.9 Å². The van der Waals surface area contributed by atoms with E-state index in [0.29, 0.717) is 17.5 Å². The molecular weight excluding hydrogens is 440 g/mol. The molecule has 8 heteroatoms. The maximum absolute atomic E-state index is 6.28. The maximum atomic E-state index is 6.28. The van der Waals surface area contributed by atoms with Gasteiger partial charge in [-0.2, -0.15) is 4.98 Å². The van der Waals surface area contributed by atoms with Crippen molar-refractivity contribution < 1.29 is 9.47 Å². The fraction of sp³-hybridized carbons (Fsp3) is 0.630. The van der Waals surface area contributed by atoms with Gasteiger partial charge in [0.15, 0.2) is 11.6 Å². The quantitative estimate of drug-likeness (QED) is 0.575. The Hall–Kier alpha value is -2.74. The molecule has 0 saturated carbocycles. The summed E-state index contributed by atoms with van der Waals surface area (Å²) in [6.45, 7) is 17.4. The largest absolute Gasteiger partial charge is 0.491 e. The Morgan fingerprint density at radius 3 is 2.43 bits per heavy atom. The van der Waals surface area contributed by atoms with Gasteiger partial charge in [-0.3, -0.25) is 4.90 Å². The van der Waals surface area contributed by atoms with E-state index in [2.05, 4.69) is 87.0 Å². The van der Waals surface area contributed by atoms with Gasteiger partial charge in [0.2, 0.25) is 5.95 Å². The molecule has 0 amide bonds. The van der Waals surface area contributed by atoms with Gasteiger partial charge in [0.25, 0.3) is 0 Å². The number of hydrogen-bond acceptors (Lipinski definition) is 8. The third-order valence-corrected chi connectivity index (χ3v) is 7.52. The van der Waals surface area contributed by atoms with Crippen molar-refractivity contribution in [2.24, 2.45) is 0 Å². The summed E-state index contributed by atoms with van der Waals surface area (Å²) in [5.74, 6) is 2.73. The van der Waals surface area contributed by atoms with Crippen molar-refractivity contribution in [3.05, 3.63) is 24.4 Å². The summed E-state index contributed by atoms with van der Waals surface area (Å²) in [6.07, 6.45) is 3.74. The second-order valence-electron chi connectivity index (χ2n) is 11.7. The predicted molar refractivity (Wildman–Crippen MR) is 143 cm³/mol. The Morgan fingerprint density at radius 1 is 1.11 bits per heavy atom. The van der Waals surface area contributed by atoms with Crippen LogP contribution in [0.1, 0.15) is 61.3 Å². The number of likely N-dealkylation sites (N-methyl/N-ethyl adjacent to an activating group) is 1. The number of rotatable bonds is 6. The zero-order chi connectivity index (χ0) is 25.6. The highest BCUT2D eigenvalue weighted by atomic mass is 16.5. The molecule has 0 aliphatic carbocycles. The number of hydrogen-bond donors (Lipinski definition) is 2. The molecule has 35 heavy (non-hydrogen) atoms. The molecule has 0 unspecified atom stereocenters. The van der Waals surface area contributed by atoms with E-state index in [1.165, 1.54) is 0 Å². The van der Waals surface area contributed by atoms with E-state index in [-0.39, 0.29) is 22.7 Å². The van der Waals surface area contributed by atoms with E-state index in [9.17, 15) is 0 Å². The molecule has 1 saturated heterocycles. The number of nitrogens with one attached hydrogen (secondary N) is 2. The monoisotopic (exact) mass is 482 g/mol. The van der Waals surface area contributed by atoms with Crippen LogP contribution in [-0.4, -0.2) is 64.8 Å². The minimum absolute atomic E-state index is 0.0735. The second kappa shape index (κ2) is 9.04. The van der Waals surface area contributed by atoms with Gasteiger partial charge < -0.3 is 25.0 Å². The lowest BCUT2D eigenvalue weighted by atomic mass is 9.77. The zero-order valence-electron chi connectivity index (χ0n) is 22.8. The van der Waals surface area contributed by atoms with Crippen molar-refractivity contribution in [2.45, 2.75) is 84.0 Å². The minimum Gasteiger partial charge on any atom is -0.491 e. The molecule has 1 aromatic heterocycles. The lowest BCUT2D eigenvalue weighted by Crippen LogP contribution is -2.61. The predicted octanol–water partition coefficient (Wildman–Crippen LogP) is 5.29. The molecule has 192 valence electrons. The van der Waals surface area contributed by atoms with Crippen LogP contribution in [0.5, 0.6) is 11.5 Å². The number of benzene rings is 1. The number of piperidine rings is 1. The zero-order valence-corrected chi connectivity index (χ0v) is 22.8. The SMILES string of the molecule is CCN1CC(C)(C)Oc2cc(Nc3ncc(OC)c(NC4CC(C)(C)N(C)C(C)(C)C4)n3)ccc21. The molecule has 8 nitrogen and oxygen atoms in total. The summed E-state index contributed by atoms with van der Waals surface area (Å²) in [5.41, 5.74) is 1.90. The standard InChI is InChI=1S/C27H42N6O2/c1-10-33-17-27(6,7)35-21-13-18(11-12-20(21)33)30-24-28-16-22(34-9)23(31-24)29-19-14-25(2,3)32(8)26(4,5)15-19/h11-13,16,19H,10,14-15,17H2,1-9H3,(H2,28,29,30,31). The van der Waals surface area contributed by atoms with Crippen LogP contribution in [0.4, 0.5) is 23.1 Å². The molecule has 2 aliphatic rings. The summed E-state index contributed by atoms with van der Waals surface area (Å²) in [6, 6.07) is 6.45. The van der Waals surface area contributed by atoms with Gasteiger partial charge in [-0.1, -0.05) is 0 Å². The number of aromatic nitrogens is 2. The first-order valence-corrected chi connectivity index (χ1v) is 12.6. The van der Waals surface area contributed by atoms with Gasteiger partial charge in [0.05, 0.1) is 25.5 Å². The van der Waals surface area contributed by atoms with Gasteiger partial charge in [0, 0.05) is 35.4 Å². The summed E-state index contributed by atoms with van der Waals surface area (Å²) >= 11 is 0. The average molecular weight is 483 g/mol. The third-order valence-electron chi connectivity index (χ3n) is 7.52. The van der Waals surface area contributed by atoms with Crippen LogP contribution >= 0.6 is 0 Å². The highest BCUT2D eigenvalue weighted by Gasteiger charge is 2.43. The van der Waals surface area contributed by atoms with Gasteiger partial charge >= 0.3 is 0 Å². The first-order valence-electron chi connectivity index (χ1n) is 12.6. The van der Waals surface area contributed by atoms with Crippen LogP contribution in [0.25, 0.3) is 0 Å². The highest BCUT2D eigenvalue weighted by Crippen LogP contribution is 2.40. The van der Waals surface area contributed by atoms with Crippen molar-refractivity contribution >= 4 is 23.1 Å². The first-order chi connectivity index (χ1) is 16.3. The summed E-state index contributed by atoms with van der Waals surface area (Å²) in [5, 5.41) is 7.02. The summed E-state index contributed by atoms with van der Waals surface area (Å²) in [4.78, 5) is 14.1. The normalized spacial score (nSPS) is 21.1. The molecule has 0 radical (unpaired) electrons. The summed E-state index contributed by atoms with van der Waals surface area (Å²) < 4.78 is 11.9. The van der Waals surface area contributed by atoms with E-state index in [1.807, 2.05) is 12.1 Å². The van der Waals surface area contributed by atoms with Crippen molar-refractivity contribution in [2.75, 3.05) is 42.8 Å².